The van der Waals surface area contributed by atoms with Gasteiger partial charge in [0, 0.05) is 31.2 Å². The van der Waals surface area contributed by atoms with Crippen molar-refractivity contribution in [2.24, 2.45) is 7.05 Å². The Bertz CT molecular complexity index is 1350. The van der Waals surface area contributed by atoms with Crippen LogP contribution in [0.3, 0.4) is 0 Å². The van der Waals surface area contributed by atoms with E-state index in [9.17, 15) is 0 Å². The van der Waals surface area contributed by atoms with Crippen LogP contribution in [0.5, 0.6) is 0 Å². The van der Waals surface area contributed by atoms with Gasteiger partial charge in [-0.2, -0.15) is 9.78 Å². The van der Waals surface area contributed by atoms with E-state index in [-0.39, 0.29) is 6.04 Å². The fraction of sp³-hybridized carbons (Fsp3) is 0.269. The number of para-hydroxylation sites is 1. The summed E-state index contributed by atoms with van der Waals surface area (Å²) in [7, 11) is 1.92. The van der Waals surface area contributed by atoms with Gasteiger partial charge in [-0.25, -0.2) is 4.98 Å². The Labute approximate surface area is 192 Å². The highest BCUT2D eigenvalue weighted by Gasteiger charge is 2.31. The monoisotopic (exact) mass is 438 g/mol. The molecule has 33 heavy (non-hydrogen) atoms. The van der Waals surface area contributed by atoms with E-state index >= 15 is 0 Å². The molecule has 6 rings (SSSR count). The molecule has 0 aliphatic carbocycles. The Morgan fingerprint density at radius 2 is 1.82 bits per heavy atom. The first kappa shape index (κ1) is 19.9. The molecule has 7 nitrogen and oxygen atoms in total. The quantitative estimate of drug-likeness (QED) is 0.380. The molecule has 0 amide bonds. The summed E-state index contributed by atoms with van der Waals surface area (Å²) in [6.45, 7) is 1.93. The first-order valence-corrected chi connectivity index (χ1v) is 11.5. The van der Waals surface area contributed by atoms with Crippen LogP contribution in [-0.2, 0) is 13.6 Å². The summed E-state index contributed by atoms with van der Waals surface area (Å²) in [5.41, 5.74) is 2.15. The maximum Gasteiger partial charge on any atom is 0.217 e. The van der Waals surface area contributed by atoms with E-state index in [0.29, 0.717) is 11.6 Å². The van der Waals surface area contributed by atoms with Gasteiger partial charge in [-0.15, -0.1) is 5.10 Å². The number of nitrogens with zero attached hydrogens (tertiary/aromatic N) is 6. The van der Waals surface area contributed by atoms with Crippen molar-refractivity contribution in [2.75, 3.05) is 6.54 Å². The number of aromatic nitrogens is 5. The highest BCUT2D eigenvalue weighted by molar-refractivity contribution is 5.81. The number of benzene rings is 2. The molecule has 1 fully saturated rings. The molecule has 0 spiro atoms. The Balaban J connectivity index is 1.43. The summed E-state index contributed by atoms with van der Waals surface area (Å²) < 4.78 is 9.79. The second kappa shape index (κ2) is 8.33. The maximum atomic E-state index is 6.10. The summed E-state index contributed by atoms with van der Waals surface area (Å²) >= 11 is 0. The first-order chi connectivity index (χ1) is 16.2. The molecule has 1 aliphatic heterocycles. The Hall–Kier alpha value is -3.71. The molecule has 2 aromatic carbocycles. The number of furan rings is 1. The molecule has 7 heteroatoms. The first-order valence-electron chi connectivity index (χ1n) is 11.5. The zero-order valence-electron chi connectivity index (χ0n) is 18.6. The van der Waals surface area contributed by atoms with Gasteiger partial charge in [0.1, 0.15) is 5.58 Å². The SMILES string of the molecule is Cn1ccc(-n2nc(-c3cc4ccccc4o3)nc2C2CCCCN2Cc2ccccc2)n1. The number of hydrogen-bond acceptors (Lipinski definition) is 5. The maximum absolute atomic E-state index is 6.10. The number of fused-ring (bicyclic) bond motifs is 1. The molecular weight excluding hydrogens is 412 g/mol. The second-order valence-electron chi connectivity index (χ2n) is 8.67. The fourth-order valence-corrected chi connectivity index (χ4v) is 4.71. The van der Waals surface area contributed by atoms with Crippen molar-refractivity contribution < 1.29 is 4.42 Å². The van der Waals surface area contributed by atoms with Crippen LogP contribution in [-0.4, -0.2) is 36.0 Å². The zero-order valence-corrected chi connectivity index (χ0v) is 18.6. The molecule has 0 radical (unpaired) electrons. The zero-order chi connectivity index (χ0) is 22.2. The smallest absolute Gasteiger partial charge is 0.217 e. The third-order valence-electron chi connectivity index (χ3n) is 6.33. The van der Waals surface area contributed by atoms with Crippen LogP contribution in [0.15, 0.2) is 77.3 Å². The molecule has 1 atom stereocenters. The lowest BCUT2D eigenvalue weighted by atomic mass is 10.0. The van der Waals surface area contributed by atoms with Crippen molar-refractivity contribution in [3.63, 3.8) is 0 Å². The average molecular weight is 439 g/mol. The molecule has 0 N–H and O–H groups in total. The highest BCUT2D eigenvalue weighted by atomic mass is 16.3. The Kier molecular flexibility index (Phi) is 5.03. The summed E-state index contributed by atoms with van der Waals surface area (Å²) in [6, 6.07) is 22.8. The molecule has 0 saturated carbocycles. The second-order valence-corrected chi connectivity index (χ2v) is 8.67. The summed E-state index contributed by atoms with van der Waals surface area (Å²) in [4.78, 5) is 7.56. The van der Waals surface area contributed by atoms with Crippen LogP contribution in [0, 0.1) is 0 Å². The van der Waals surface area contributed by atoms with E-state index in [4.69, 9.17) is 14.5 Å². The van der Waals surface area contributed by atoms with Crippen LogP contribution in [0.25, 0.3) is 28.4 Å². The van der Waals surface area contributed by atoms with Crippen LogP contribution >= 0.6 is 0 Å². The van der Waals surface area contributed by atoms with Crippen molar-refractivity contribution >= 4 is 11.0 Å². The van der Waals surface area contributed by atoms with E-state index in [2.05, 4.69) is 40.3 Å². The van der Waals surface area contributed by atoms with Gasteiger partial charge in [0.15, 0.2) is 17.4 Å². The summed E-state index contributed by atoms with van der Waals surface area (Å²) in [5, 5.41) is 10.6. The summed E-state index contributed by atoms with van der Waals surface area (Å²) in [5.74, 6) is 2.96. The number of rotatable bonds is 5. The number of aryl methyl sites for hydroxylation is 1. The lowest BCUT2D eigenvalue weighted by Gasteiger charge is -2.35. The molecule has 4 heterocycles. The molecular formula is C26H26N6O. The number of piperidine rings is 1. The van der Waals surface area contributed by atoms with Crippen LogP contribution in [0.1, 0.15) is 36.7 Å². The molecule has 1 unspecified atom stereocenters. The predicted molar refractivity (Wildman–Crippen MR) is 127 cm³/mol. The van der Waals surface area contributed by atoms with Crippen molar-refractivity contribution in [3.8, 4) is 17.4 Å². The molecule has 166 valence electrons. The van der Waals surface area contributed by atoms with E-state index < -0.39 is 0 Å². The lowest BCUT2D eigenvalue weighted by Crippen LogP contribution is -2.34. The highest BCUT2D eigenvalue weighted by Crippen LogP contribution is 2.34. The van der Waals surface area contributed by atoms with Gasteiger partial charge in [-0.1, -0.05) is 55.0 Å². The fourth-order valence-electron chi connectivity index (χ4n) is 4.71. The molecule has 3 aromatic heterocycles. The van der Waals surface area contributed by atoms with Gasteiger partial charge in [-0.3, -0.25) is 9.58 Å². The topological polar surface area (TPSA) is 64.9 Å². The van der Waals surface area contributed by atoms with Crippen molar-refractivity contribution in [1.29, 1.82) is 0 Å². The van der Waals surface area contributed by atoms with Gasteiger partial charge in [0.2, 0.25) is 5.82 Å². The Morgan fingerprint density at radius 3 is 2.64 bits per heavy atom. The van der Waals surface area contributed by atoms with Crippen molar-refractivity contribution in [3.05, 3.63) is 84.3 Å². The predicted octanol–water partition coefficient (Wildman–Crippen LogP) is 5.14. The lowest BCUT2D eigenvalue weighted by molar-refractivity contribution is 0.132. The third-order valence-corrected chi connectivity index (χ3v) is 6.33. The minimum Gasteiger partial charge on any atom is -0.453 e. The average Bonchev–Trinajstić information content (AvgIpc) is 3.57. The van der Waals surface area contributed by atoms with E-state index in [1.165, 1.54) is 18.4 Å². The van der Waals surface area contributed by atoms with E-state index in [1.807, 2.05) is 54.3 Å². The Morgan fingerprint density at radius 1 is 0.970 bits per heavy atom. The van der Waals surface area contributed by atoms with Gasteiger partial charge in [0.05, 0.1) is 6.04 Å². The standard InChI is InChI=1S/C26H26N6O/c1-30-16-14-24(28-30)32-26(21-12-7-8-15-31(21)18-19-9-3-2-4-10-19)27-25(29-32)23-17-20-11-5-6-13-22(20)33-23/h2-6,9-11,13-14,16-17,21H,7-8,12,15,18H2,1H3. The normalized spacial score (nSPS) is 17.1. The van der Waals surface area contributed by atoms with Gasteiger partial charge in [0.25, 0.3) is 0 Å². The number of hydrogen-bond donors (Lipinski definition) is 0. The van der Waals surface area contributed by atoms with Gasteiger partial charge < -0.3 is 4.42 Å². The molecule has 1 saturated heterocycles. The largest absolute Gasteiger partial charge is 0.453 e. The minimum absolute atomic E-state index is 0.159. The third kappa shape index (κ3) is 3.85. The van der Waals surface area contributed by atoms with Crippen LogP contribution in [0.2, 0.25) is 0 Å². The van der Waals surface area contributed by atoms with E-state index in [1.54, 1.807) is 4.68 Å². The summed E-state index contributed by atoms with van der Waals surface area (Å²) in [6.07, 6.45) is 5.34. The van der Waals surface area contributed by atoms with Crippen molar-refractivity contribution in [2.45, 2.75) is 31.8 Å². The van der Waals surface area contributed by atoms with Crippen molar-refractivity contribution in [1.82, 2.24) is 29.4 Å². The van der Waals surface area contributed by atoms with Crippen LogP contribution < -0.4 is 0 Å². The number of likely N-dealkylation sites (tertiary alicyclic amines) is 1. The van der Waals surface area contributed by atoms with Crippen LogP contribution in [0.4, 0.5) is 0 Å². The molecule has 0 bridgehead atoms. The molecule has 1 aliphatic rings. The molecule has 5 aromatic rings. The van der Waals surface area contributed by atoms with E-state index in [0.717, 1.165) is 42.1 Å². The van der Waals surface area contributed by atoms with Gasteiger partial charge in [-0.05, 0) is 37.1 Å². The minimum atomic E-state index is 0.159. The van der Waals surface area contributed by atoms with Gasteiger partial charge >= 0.3 is 0 Å².